The first-order valence-corrected chi connectivity index (χ1v) is 6.39. The lowest BCUT2D eigenvalue weighted by Crippen LogP contribution is -2.51. The third kappa shape index (κ3) is 1.60. The van der Waals surface area contributed by atoms with Crippen LogP contribution in [-0.4, -0.2) is 27.2 Å². The molecule has 0 saturated heterocycles. The second-order valence-corrected chi connectivity index (χ2v) is 5.46. The molecule has 0 aromatic carbocycles. The van der Waals surface area contributed by atoms with Crippen molar-refractivity contribution in [1.82, 2.24) is 20.6 Å². The third-order valence-electron chi connectivity index (χ3n) is 4.59. The first kappa shape index (κ1) is 10.9. The summed E-state index contributed by atoms with van der Waals surface area (Å²) in [6.07, 6.45) is 7.01. The molecular formula is C12H19N5. The van der Waals surface area contributed by atoms with Crippen molar-refractivity contribution in [3.8, 4) is 0 Å². The van der Waals surface area contributed by atoms with Crippen LogP contribution in [0.3, 0.4) is 0 Å². The molecule has 2 aliphatic rings. The lowest BCUT2D eigenvalue weighted by molar-refractivity contribution is 0.00727. The minimum atomic E-state index is 0.197. The Hall–Kier alpha value is -1.23. The first-order chi connectivity index (χ1) is 8.27. The number of hydrogen-bond acceptors (Lipinski definition) is 4. The van der Waals surface area contributed by atoms with Crippen molar-refractivity contribution >= 4 is 0 Å². The summed E-state index contributed by atoms with van der Waals surface area (Å²) in [5, 5.41) is 14.1. The maximum absolute atomic E-state index is 6.02. The maximum atomic E-state index is 6.02. The fourth-order valence-corrected chi connectivity index (χ4v) is 3.63. The summed E-state index contributed by atoms with van der Waals surface area (Å²) >= 11 is 0. The normalized spacial score (nSPS) is 35.3. The van der Waals surface area contributed by atoms with Gasteiger partial charge in [-0.3, -0.25) is 0 Å². The fraction of sp³-hybridized carbons (Fsp3) is 0.750. The van der Waals surface area contributed by atoms with Gasteiger partial charge in [0.2, 0.25) is 0 Å². The number of aromatic amines is 1. The molecule has 0 unspecified atom stereocenters. The maximum Gasteiger partial charge on any atom is 0.149 e. The molecule has 1 heterocycles. The third-order valence-corrected chi connectivity index (χ3v) is 4.59. The molecule has 3 N–H and O–H groups in total. The second kappa shape index (κ2) is 3.91. The largest absolute Gasteiger partial charge is 0.330 e. The highest BCUT2D eigenvalue weighted by atomic mass is 15.5. The van der Waals surface area contributed by atoms with Crippen molar-refractivity contribution < 1.29 is 0 Å². The van der Waals surface area contributed by atoms with E-state index in [9.17, 15) is 0 Å². The number of nitrogens with zero attached hydrogens (tertiary/aromatic N) is 3. The van der Waals surface area contributed by atoms with Gasteiger partial charge in [0.1, 0.15) is 5.82 Å². The number of H-pyrrole nitrogens is 1. The Labute approximate surface area is 101 Å². The summed E-state index contributed by atoms with van der Waals surface area (Å²) in [7, 11) is 0. The van der Waals surface area contributed by atoms with Gasteiger partial charge in [0.25, 0.3) is 0 Å². The molecule has 2 aliphatic carbocycles. The van der Waals surface area contributed by atoms with Crippen molar-refractivity contribution in [1.29, 1.82) is 0 Å². The van der Waals surface area contributed by atoms with Crippen molar-refractivity contribution in [3.05, 3.63) is 17.5 Å². The molecule has 0 radical (unpaired) electrons. The zero-order chi connectivity index (χ0) is 11.9. The Morgan fingerprint density at radius 1 is 1.59 bits per heavy atom. The monoisotopic (exact) mass is 233 g/mol. The van der Waals surface area contributed by atoms with Gasteiger partial charge < -0.3 is 5.73 Å². The van der Waals surface area contributed by atoms with E-state index in [1.54, 1.807) is 5.57 Å². The number of allylic oxidation sites excluding steroid dienone is 2. The first-order valence-electron chi connectivity index (χ1n) is 6.39. The summed E-state index contributed by atoms with van der Waals surface area (Å²) in [5.74, 6) is 2.34. The average molecular weight is 233 g/mol. The van der Waals surface area contributed by atoms with E-state index in [2.05, 4.69) is 33.6 Å². The second-order valence-electron chi connectivity index (χ2n) is 5.46. The molecular weight excluding hydrogens is 214 g/mol. The van der Waals surface area contributed by atoms with Gasteiger partial charge in [-0.05, 0) is 53.5 Å². The van der Waals surface area contributed by atoms with Gasteiger partial charge >= 0.3 is 0 Å². The van der Waals surface area contributed by atoms with Gasteiger partial charge in [-0.25, -0.2) is 5.10 Å². The molecule has 1 aromatic heterocycles. The SMILES string of the molecule is CCC1=C[C@@H]2[C@H](C1)C[C@@]2(CN)Cc1nnn[nH]1. The number of aromatic nitrogens is 4. The van der Waals surface area contributed by atoms with Gasteiger partial charge in [-0.1, -0.05) is 18.6 Å². The number of nitrogens with two attached hydrogens (primary N) is 1. The van der Waals surface area contributed by atoms with Crippen LogP contribution in [0.2, 0.25) is 0 Å². The van der Waals surface area contributed by atoms with E-state index < -0.39 is 0 Å². The minimum absolute atomic E-state index is 0.197. The molecule has 17 heavy (non-hydrogen) atoms. The zero-order valence-corrected chi connectivity index (χ0v) is 10.2. The van der Waals surface area contributed by atoms with Gasteiger partial charge in [0.15, 0.2) is 0 Å². The molecule has 0 spiro atoms. The standard InChI is InChI=1S/C12H19N5/c1-2-8-3-9-5-12(7-13,10(9)4-8)6-11-14-16-17-15-11/h4,9-10H,2-3,5-7,13H2,1H3,(H,14,15,16,17)/t9-,10-,12+/m1/s1. The highest BCUT2D eigenvalue weighted by Gasteiger charge is 2.54. The number of hydrogen-bond donors (Lipinski definition) is 2. The summed E-state index contributed by atoms with van der Waals surface area (Å²) in [5.41, 5.74) is 7.82. The van der Waals surface area contributed by atoms with Crippen LogP contribution in [0.25, 0.3) is 0 Å². The molecule has 5 heteroatoms. The lowest BCUT2D eigenvalue weighted by Gasteiger charge is -2.51. The number of fused-ring (bicyclic) bond motifs is 1. The van der Waals surface area contributed by atoms with Crippen LogP contribution in [0.5, 0.6) is 0 Å². The van der Waals surface area contributed by atoms with Crippen LogP contribution in [-0.2, 0) is 6.42 Å². The quantitative estimate of drug-likeness (QED) is 0.762. The molecule has 92 valence electrons. The predicted molar refractivity (Wildman–Crippen MR) is 64.0 cm³/mol. The number of rotatable bonds is 4. The Morgan fingerprint density at radius 3 is 3.12 bits per heavy atom. The van der Waals surface area contributed by atoms with E-state index in [0.717, 1.165) is 24.7 Å². The molecule has 1 aromatic rings. The Bertz CT molecular complexity index is 424. The number of nitrogens with one attached hydrogen (secondary N) is 1. The van der Waals surface area contributed by atoms with E-state index >= 15 is 0 Å². The summed E-state index contributed by atoms with van der Waals surface area (Å²) in [6.45, 7) is 2.96. The smallest absolute Gasteiger partial charge is 0.149 e. The Kier molecular flexibility index (Phi) is 2.50. The average Bonchev–Trinajstić information content (AvgIpc) is 2.94. The van der Waals surface area contributed by atoms with Crippen LogP contribution in [0.4, 0.5) is 0 Å². The van der Waals surface area contributed by atoms with E-state index in [0.29, 0.717) is 5.92 Å². The van der Waals surface area contributed by atoms with Gasteiger partial charge in [0, 0.05) is 6.42 Å². The van der Waals surface area contributed by atoms with E-state index in [1.165, 1.54) is 19.3 Å². The van der Waals surface area contributed by atoms with Crippen LogP contribution in [0.1, 0.15) is 32.0 Å². The van der Waals surface area contributed by atoms with Crippen molar-refractivity contribution in [2.45, 2.75) is 32.6 Å². The van der Waals surface area contributed by atoms with Crippen LogP contribution >= 0.6 is 0 Å². The predicted octanol–water partition coefficient (Wildman–Crippen LogP) is 1.06. The van der Waals surface area contributed by atoms with E-state index in [-0.39, 0.29) is 5.41 Å². The fourth-order valence-electron chi connectivity index (χ4n) is 3.63. The molecule has 0 aliphatic heterocycles. The summed E-state index contributed by atoms with van der Waals surface area (Å²) in [4.78, 5) is 0. The number of tetrazole rings is 1. The summed E-state index contributed by atoms with van der Waals surface area (Å²) < 4.78 is 0. The molecule has 0 amide bonds. The van der Waals surface area contributed by atoms with Crippen LogP contribution < -0.4 is 5.73 Å². The van der Waals surface area contributed by atoms with E-state index in [1.807, 2.05) is 0 Å². The van der Waals surface area contributed by atoms with Crippen LogP contribution in [0.15, 0.2) is 11.6 Å². The molecule has 0 bridgehead atoms. The summed E-state index contributed by atoms with van der Waals surface area (Å²) in [6, 6.07) is 0. The molecule has 5 nitrogen and oxygen atoms in total. The van der Waals surface area contributed by atoms with Gasteiger partial charge in [-0.15, -0.1) is 5.10 Å². The molecule has 1 saturated carbocycles. The van der Waals surface area contributed by atoms with Crippen molar-refractivity contribution in [2.75, 3.05) is 6.54 Å². The van der Waals surface area contributed by atoms with Gasteiger partial charge in [-0.2, -0.15) is 0 Å². The van der Waals surface area contributed by atoms with Crippen molar-refractivity contribution in [3.63, 3.8) is 0 Å². The van der Waals surface area contributed by atoms with Crippen molar-refractivity contribution in [2.24, 2.45) is 23.0 Å². The topological polar surface area (TPSA) is 80.5 Å². The Balaban J connectivity index is 1.79. The van der Waals surface area contributed by atoms with E-state index in [4.69, 9.17) is 5.73 Å². The lowest BCUT2D eigenvalue weighted by atomic mass is 9.53. The van der Waals surface area contributed by atoms with Crippen LogP contribution in [0, 0.1) is 17.3 Å². The zero-order valence-electron chi connectivity index (χ0n) is 10.2. The molecule has 1 fully saturated rings. The molecule has 3 atom stereocenters. The minimum Gasteiger partial charge on any atom is -0.330 e. The highest BCUT2D eigenvalue weighted by molar-refractivity contribution is 5.24. The Morgan fingerprint density at radius 2 is 2.47 bits per heavy atom. The molecule has 3 rings (SSSR count). The highest BCUT2D eigenvalue weighted by Crippen LogP contribution is 2.58. The van der Waals surface area contributed by atoms with Gasteiger partial charge in [0.05, 0.1) is 0 Å².